The maximum atomic E-state index is 12.1. The zero-order chi connectivity index (χ0) is 38.6. The fourth-order valence-corrected chi connectivity index (χ4v) is 7.45. The molecule has 56 heavy (non-hydrogen) atoms. The van der Waals surface area contributed by atoms with Gasteiger partial charge in [0.2, 0.25) is 0 Å². The smallest absolute Gasteiger partial charge is 0.744 e. The summed E-state index contributed by atoms with van der Waals surface area (Å²) >= 11 is 0. The van der Waals surface area contributed by atoms with Gasteiger partial charge in [0.25, 0.3) is 0 Å². The van der Waals surface area contributed by atoms with Crippen molar-refractivity contribution in [1.29, 1.82) is 0 Å². The summed E-state index contributed by atoms with van der Waals surface area (Å²) in [6.45, 7) is 3.50. The first-order valence-electron chi connectivity index (χ1n) is 15.0. The maximum absolute atomic E-state index is 12.1. The standard InChI is InChI=1S/C34H27N5O11S3.3Na/c1-17-11-19(4-8-26(17)36-38-33-25(35)7-3-21-13-23(51(42,43)44)15-29(41)31(21)33)20-5-9-27(18(2)12-20)37-39-34-28(40)10-6-22-14-24(52(45,46)47)16-30(32(22)34)53(48,49)50;;;/h3-16,40-41H,35H2,1-2H3,(H,42,43,44)(H,45,46,47)(H,48,49,50);;;/q;3*+1/p-3. The van der Waals surface area contributed by atoms with Crippen molar-refractivity contribution in [3.8, 4) is 22.6 Å². The van der Waals surface area contributed by atoms with Crippen molar-refractivity contribution >= 4 is 80.3 Å². The van der Waals surface area contributed by atoms with E-state index in [2.05, 4.69) is 20.5 Å². The zero-order valence-corrected chi connectivity index (χ0v) is 38.7. The van der Waals surface area contributed by atoms with Gasteiger partial charge in [-0.1, -0.05) is 24.3 Å². The number of anilines is 1. The summed E-state index contributed by atoms with van der Waals surface area (Å²) in [7, 11) is -15.3. The molecule has 6 aromatic carbocycles. The summed E-state index contributed by atoms with van der Waals surface area (Å²) in [6, 6.07) is 18.7. The number of rotatable bonds is 8. The molecule has 0 radical (unpaired) electrons. The van der Waals surface area contributed by atoms with Crippen LogP contribution in [0.25, 0.3) is 32.7 Å². The Labute approximate surface area is 387 Å². The molecule has 0 aliphatic carbocycles. The number of nitrogens with two attached hydrogens (primary N) is 1. The molecule has 0 amide bonds. The van der Waals surface area contributed by atoms with Crippen LogP contribution in [-0.4, -0.2) is 49.1 Å². The molecule has 6 aromatic rings. The Kier molecular flexibility index (Phi) is 15.3. The van der Waals surface area contributed by atoms with E-state index >= 15 is 0 Å². The van der Waals surface area contributed by atoms with Gasteiger partial charge in [-0.15, -0.1) is 10.2 Å². The summed E-state index contributed by atoms with van der Waals surface area (Å²) in [5.74, 6) is -1.07. The van der Waals surface area contributed by atoms with Crippen molar-refractivity contribution in [3.63, 3.8) is 0 Å². The topological polar surface area (TPSA) is 288 Å². The number of hydrogen-bond acceptors (Lipinski definition) is 16. The third-order valence-electron chi connectivity index (χ3n) is 8.17. The molecule has 0 saturated carbocycles. The third kappa shape index (κ3) is 10.1. The molecule has 16 nitrogen and oxygen atoms in total. The number of hydrogen-bond donors (Lipinski definition) is 3. The van der Waals surface area contributed by atoms with Crippen LogP contribution >= 0.6 is 0 Å². The average Bonchev–Trinajstić information content (AvgIpc) is 3.06. The third-order valence-corrected chi connectivity index (χ3v) is 10.7. The van der Waals surface area contributed by atoms with E-state index in [0.29, 0.717) is 28.6 Å². The van der Waals surface area contributed by atoms with Gasteiger partial charge in [0.15, 0.2) is 0 Å². The number of azo groups is 2. The number of nitrogen functional groups attached to an aromatic ring is 1. The van der Waals surface area contributed by atoms with Crippen LogP contribution in [0.2, 0.25) is 0 Å². The molecule has 0 saturated heterocycles. The van der Waals surface area contributed by atoms with Gasteiger partial charge in [-0.3, -0.25) is 0 Å². The molecular formula is C34H24N5Na3O11S3. The van der Waals surface area contributed by atoms with Crippen molar-refractivity contribution in [2.45, 2.75) is 28.5 Å². The van der Waals surface area contributed by atoms with E-state index in [1.165, 1.54) is 12.1 Å². The predicted octanol–water partition coefficient (Wildman–Crippen LogP) is -2.17. The van der Waals surface area contributed by atoms with Crippen LogP contribution in [0.4, 0.5) is 28.4 Å². The average molecular weight is 844 g/mol. The molecule has 0 unspecified atom stereocenters. The first kappa shape index (κ1) is 47.5. The van der Waals surface area contributed by atoms with Gasteiger partial charge in [0, 0.05) is 5.39 Å². The first-order valence-corrected chi connectivity index (χ1v) is 19.2. The molecular weight excluding hydrogens is 820 g/mol. The molecule has 272 valence electrons. The molecule has 22 heteroatoms. The summed E-state index contributed by atoms with van der Waals surface area (Å²) in [5.41, 5.74) is 9.43. The maximum Gasteiger partial charge on any atom is 1.00 e. The molecule has 6 rings (SSSR count). The fourth-order valence-electron chi connectivity index (χ4n) is 5.58. The van der Waals surface area contributed by atoms with E-state index in [1.807, 2.05) is 6.07 Å². The largest absolute Gasteiger partial charge is 1.00 e. The van der Waals surface area contributed by atoms with Crippen LogP contribution < -0.4 is 94.4 Å². The minimum atomic E-state index is -5.34. The van der Waals surface area contributed by atoms with Crippen molar-refractivity contribution < 1.29 is 138 Å². The molecule has 0 heterocycles. The van der Waals surface area contributed by atoms with Crippen LogP contribution in [0, 0.1) is 13.8 Å². The molecule has 4 N–H and O–H groups in total. The zero-order valence-electron chi connectivity index (χ0n) is 30.2. The van der Waals surface area contributed by atoms with Crippen molar-refractivity contribution in [2.24, 2.45) is 20.5 Å². The number of phenols is 2. The predicted molar refractivity (Wildman–Crippen MR) is 189 cm³/mol. The summed E-state index contributed by atoms with van der Waals surface area (Å²) in [4.78, 5) is -2.62. The van der Waals surface area contributed by atoms with Gasteiger partial charge in [0.1, 0.15) is 53.2 Å². The number of aryl methyl sites for hydroxylation is 2. The van der Waals surface area contributed by atoms with Gasteiger partial charge in [-0.2, -0.15) is 10.2 Å². The monoisotopic (exact) mass is 843 g/mol. The molecule has 0 aliphatic rings. The molecule has 0 aromatic heterocycles. The van der Waals surface area contributed by atoms with Crippen LogP contribution in [0.1, 0.15) is 11.1 Å². The fraction of sp³-hybridized carbons (Fsp3) is 0.0588. The van der Waals surface area contributed by atoms with Gasteiger partial charge in [0.05, 0.1) is 37.1 Å². The molecule has 0 fully saturated rings. The number of fused-ring (bicyclic) bond motifs is 2. The van der Waals surface area contributed by atoms with Gasteiger partial charge in [-0.05, 0) is 108 Å². The molecule has 0 spiro atoms. The Balaban J connectivity index is 0.00000280. The Bertz CT molecular complexity index is 2950. The Morgan fingerprint density at radius 3 is 1.46 bits per heavy atom. The summed E-state index contributed by atoms with van der Waals surface area (Å²) in [6.07, 6.45) is 0. The van der Waals surface area contributed by atoms with Crippen molar-refractivity contribution in [3.05, 3.63) is 96.1 Å². The minimum Gasteiger partial charge on any atom is -0.744 e. The van der Waals surface area contributed by atoms with Crippen molar-refractivity contribution in [2.75, 3.05) is 5.73 Å². The van der Waals surface area contributed by atoms with Crippen LogP contribution in [0.15, 0.2) is 120 Å². The second-order valence-corrected chi connectivity index (χ2v) is 15.9. The second kappa shape index (κ2) is 18.0. The SMILES string of the molecule is Cc1cc(-c2ccc(N=Nc3c(O)ccc4cc(S(=O)(=O)[O-])cc(S(=O)(=O)[O-])c34)c(C)c2)ccc1N=Nc1c(N)ccc2cc(S(=O)(=O)[O-])cc(O)c12.[Na+].[Na+].[Na+]. The molecule has 0 bridgehead atoms. The summed E-state index contributed by atoms with van der Waals surface area (Å²) in [5, 5.41) is 37.5. The van der Waals surface area contributed by atoms with E-state index in [4.69, 9.17) is 5.73 Å². The summed E-state index contributed by atoms with van der Waals surface area (Å²) < 4.78 is 106. The van der Waals surface area contributed by atoms with Crippen LogP contribution in [-0.2, 0) is 30.4 Å². The van der Waals surface area contributed by atoms with Crippen LogP contribution in [0.5, 0.6) is 11.5 Å². The van der Waals surface area contributed by atoms with E-state index in [-0.39, 0.29) is 116 Å². The quantitative estimate of drug-likeness (QED) is 0.0639. The van der Waals surface area contributed by atoms with E-state index in [0.717, 1.165) is 41.5 Å². The Hall–Kier alpha value is -2.83. The van der Waals surface area contributed by atoms with Crippen molar-refractivity contribution in [1.82, 2.24) is 0 Å². The van der Waals surface area contributed by atoms with Gasteiger partial charge in [-0.25, -0.2) is 25.3 Å². The minimum absolute atomic E-state index is 0. The molecule has 0 atom stereocenters. The van der Waals surface area contributed by atoms with Gasteiger partial charge < -0.3 is 29.6 Å². The van der Waals surface area contributed by atoms with Crippen LogP contribution in [0.3, 0.4) is 0 Å². The van der Waals surface area contributed by atoms with E-state index in [9.17, 15) is 49.1 Å². The number of phenolic OH excluding ortho intramolecular Hbond substituents is 2. The second-order valence-electron chi connectivity index (χ2n) is 11.8. The van der Waals surface area contributed by atoms with E-state index < -0.39 is 67.6 Å². The Morgan fingerprint density at radius 1 is 0.518 bits per heavy atom. The normalized spacial score (nSPS) is 12.1. The number of benzene rings is 6. The molecule has 0 aliphatic heterocycles. The Morgan fingerprint density at radius 2 is 0.982 bits per heavy atom. The van der Waals surface area contributed by atoms with E-state index in [1.54, 1.807) is 44.2 Å². The van der Waals surface area contributed by atoms with Gasteiger partial charge >= 0.3 is 88.7 Å². The first-order chi connectivity index (χ1) is 24.7. The number of nitrogens with zero attached hydrogens (tertiary/aromatic N) is 4. The number of aromatic hydroxyl groups is 2.